The van der Waals surface area contributed by atoms with Gasteiger partial charge in [0.25, 0.3) is 0 Å². The van der Waals surface area contributed by atoms with Gasteiger partial charge in [0.2, 0.25) is 0 Å². The third-order valence-corrected chi connectivity index (χ3v) is 3.89. The third kappa shape index (κ3) is 1.28. The first kappa shape index (κ1) is 11.1. The molecule has 1 aliphatic carbocycles. The number of rotatable bonds is 1. The summed E-state index contributed by atoms with van der Waals surface area (Å²) in [5.41, 5.74) is 3.71. The number of hydrogen-bond donors (Lipinski definition) is 0. The summed E-state index contributed by atoms with van der Waals surface area (Å²) < 4.78 is 0. The normalized spacial score (nSPS) is 12.3. The molecule has 0 N–H and O–H groups in total. The first-order valence-corrected chi connectivity index (χ1v) is 6.46. The largest absolute Gasteiger partial charge is 0.298 e. The second-order valence-electron chi connectivity index (χ2n) is 4.93. The van der Waals surface area contributed by atoms with Crippen molar-refractivity contribution >= 4 is 22.8 Å². The molecule has 20 heavy (non-hydrogen) atoms. The van der Waals surface area contributed by atoms with Crippen LogP contribution in [-0.4, -0.2) is 12.1 Å². The predicted molar refractivity (Wildman–Crippen MR) is 78.2 cm³/mol. The molecule has 0 heterocycles. The van der Waals surface area contributed by atoms with E-state index in [0.717, 1.165) is 28.2 Å². The number of hydrogen-bond acceptors (Lipinski definition) is 2. The molecule has 0 spiro atoms. The van der Waals surface area contributed by atoms with Crippen LogP contribution < -0.4 is 0 Å². The van der Waals surface area contributed by atoms with Gasteiger partial charge in [-0.3, -0.25) is 9.59 Å². The van der Waals surface area contributed by atoms with Gasteiger partial charge in [-0.05, 0) is 10.9 Å². The lowest BCUT2D eigenvalue weighted by Gasteiger charge is -2.20. The lowest BCUT2D eigenvalue weighted by molar-refractivity contribution is 0.103. The Bertz CT molecular complexity index is 891. The topological polar surface area (TPSA) is 34.1 Å². The number of carbonyl (C=O) groups is 2. The molecular formula is C18H10O2. The highest BCUT2D eigenvalue weighted by Gasteiger charge is 2.26. The first-order valence-electron chi connectivity index (χ1n) is 6.46. The zero-order chi connectivity index (χ0) is 13.7. The molecule has 0 amide bonds. The van der Waals surface area contributed by atoms with E-state index < -0.39 is 0 Å². The zero-order valence-corrected chi connectivity index (χ0v) is 10.6. The Morgan fingerprint density at radius 2 is 1.50 bits per heavy atom. The Hall–Kier alpha value is -2.74. The Morgan fingerprint density at radius 1 is 0.750 bits per heavy atom. The Morgan fingerprint density at radius 3 is 2.30 bits per heavy atom. The van der Waals surface area contributed by atoms with Gasteiger partial charge in [-0.2, -0.15) is 0 Å². The maximum atomic E-state index is 12.6. The van der Waals surface area contributed by atoms with Crippen molar-refractivity contribution in [1.29, 1.82) is 0 Å². The number of aldehydes is 1. The quantitative estimate of drug-likeness (QED) is 0.486. The summed E-state index contributed by atoms with van der Waals surface area (Å²) in [6, 6.07) is 16.9. The van der Waals surface area contributed by atoms with Gasteiger partial charge in [0.1, 0.15) is 0 Å². The van der Waals surface area contributed by atoms with Crippen LogP contribution in [0.2, 0.25) is 0 Å². The van der Waals surface area contributed by atoms with Crippen molar-refractivity contribution in [3.05, 3.63) is 71.3 Å². The molecule has 2 heteroatoms. The lowest BCUT2D eigenvalue weighted by atomic mass is 9.81. The fourth-order valence-corrected chi connectivity index (χ4v) is 3.02. The van der Waals surface area contributed by atoms with Gasteiger partial charge >= 0.3 is 0 Å². The molecule has 0 aliphatic heterocycles. The molecule has 0 atom stereocenters. The summed E-state index contributed by atoms with van der Waals surface area (Å²) in [5, 5.41) is 1.88. The van der Waals surface area contributed by atoms with Crippen molar-refractivity contribution in [2.24, 2.45) is 0 Å². The Kier molecular flexibility index (Phi) is 2.15. The first-order chi connectivity index (χ1) is 9.81. The molecule has 0 radical (unpaired) electrons. The van der Waals surface area contributed by atoms with E-state index in [4.69, 9.17) is 0 Å². The Labute approximate surface area is 115 Å². The minimum atomic E-state index is 0.0294. The summed E-state index contributed by atoms with van der Waals surface area (Å²) in [6.07, 6.45) is 0.859. The van der Waals surface area contributed by atoms with E-state index in [1.165, 1.54) is 0 Å². The van der Waals surface area contributed by atoms with E-state index in [1.807, 2.05) is 54.6 Å². The second kappa shape index (κ2) is 3.87. The molecule has 0 aromatic heterocycles. The maximum absolute atomic E-state index is 12.6. The van der Waals surface area contributed by atoms with Crippen molar-refractivity contribution in [2.45, 2.75) is 0 Å². The van der Waals surface area contributed by atoms with Gasteiger partial charge in [0, 0.05) is 27.6 Å². The second-order valence-corrected chi connectivity index (χ2v) is 4.93. The van der Waals surface area contributed by atoms with Crippen LogP contribution in [-0.2, 0) is 0 Å². The van der Waals surface area contributed by atoms with Crippen LogP contribution in [0.1, 0.15) is 26.3 Å². The molecule has 0 fully saturated rings. The van der Waals surface area contributed by atoms with Crippen LogP contribution in [0, 0.1) is 0 Å². The van der Waals surface area contributed by atoms with E-state index in [2.05, 4.69) is 0 Å². The Balaban J connectivity index is 2.31. The van der Waals surface area contributed by atoms with E-state index in [9.17, 15) is 9.59 Å². The maximum Gasteiger partial charge on any atom is 0.194 e. The average Bonchev–Trinajstić information content (AvgIpc) is 2.52. The fourth-order valence-electron chi connectivity index (χ4n) is 3.02. The molecule has 0 unspecified atom stereocenters. The third-order valence-electron chi connectivity index (χ3n) is 3.89. The van der Waals surface area contributed by atoms with Crippen molar-refractivity contribution in [3.8, 4) is 11.1 Å². The van der Waals surface area contributed by atoms with E-state index >= 15 is 0 Å². The summed E-state index contributed by atoms with van der Waals surface area (Å²) in [7, 11) is 0. The lowest BCUT2D eigenvalue weighted by Crippen LogP contribution is -2.11. The van der Waals surface area contributed by atoms with Gasteiger partial charge in [0.05, 0.1) is 0 Å². The van der Waals surface area contributed by atoms with Gasteiger partial charge in [-0.25, -0.2) is 0 Å². The van der Waals surface area contributed by atoms with Crippen molar-refractivity contribution < 1.29 is 9.59 Å². The molecule has 0 bridgehead atoms. The summed E-state index contributed by atoms with van der Waals surface area (Å²) >= 11 is 0. The number of fused-ring (bicyclic) bond motifs is 2. The van der Waals surface area contributed by atoms with Crippen LogP contribution in [0.5, 0.6) is 0 Å². The molecule has 3 aromatic rings. The standard InChI is InChI=1S/C18H10O2/c19-10-12-9-8-11-4-3-7-15-16(11)17(12)13-5-1-2-6-14(13)18(15)20/h1-10H. The van der Waals surface area contributed by atoms with Crippen LogP contribution in [0.15, 0.2) is 54.6 Å². The molecule has 2 nitrogen and oxygen atoms in total. The minimum absolute atomic E-state index is 0.0294. The molecular weight excluding hydrogens is 248 g/mol. The van der Waals surface area contributed by atoms with Gasteiger partial charge < -0.3 is 0 Å². The fraction of sp³-hybridized carbons (Fsp3) is 0. The van der Waals surface area contributed by atoms with Gasteiger partial charge in [-0.1, -0.05) is 54.6 Å². The molecule has 4 rings (SSSR count). The van der Waals surface area contributed by atoms with Crippen LogP contribution in [0.25, 0.3) is 21.9 Å². The van der Waals surface area contributed by atoms with Crippen molar-refractivity contribution in [1.82, 2.24) is 0 Å². The van der Waals surface area contributed by atoms with E-state index in [-0.39, 0.29) is 5.78 Å². The highest BCUT2D eigenvalue weighted by molar-refractivity contribution is 6.27. The average molecular weight is 258 g/mol. The van der Waals surface area contributed by atoms with E-state index in [1.54, 1.807) is 0 Å². The minimum Gasteiger partial charge on any atom is -0.298 e. The summed E-state index contributed by atoms with van der Waals surface area (Å²) in [6.45, 7) is 0. The molecule has 3 aromatic carbocycles. The van der Waals surface area contributed by atoms with Crippen LogP contribution in [0.4, 0.5) is 0 Å². The van der Waals surface area contributed by atoms with Gasteiger partial charge in [-0.15, -0.1) is 0 Å². The molecule has 0 saturated carbocycles. The monoisotopic (exact) mass is 258 g/mol. The summed E-state index contributed by atoms with van der Waals surface area (Å²) in [4.78, 5) is 24.0. The zero-order valence-electron chi connectivity index (χ0n) is 10.6. The van der Waals surface area contributed by atoms with Crippen molar-refractivity contribution in [2.75, 3.05) is 0 Å². The number of ketones is 1. The summed E-state index contributed by atoms with van der Waals surface area (Å²) in [5.74, 6) is 0.0294. The van der Waals surface area contributed by atoms with E-state index in [0.29, 0.717) is 16.7 Å². The van der Waals surface area contributed by atoms with Gasteiger partial charge in [0.15, 0.2) is 12.1 Å². The molecule has 94 valence electrons. The van der Waals surface area contributed by atoms with Crippen molar-refractivity contribution in [3.63, 3.8) is 0 Å². The SMILES string of the molecule is O=Cc1ccc2cccc3c2c1-c1ccccc1C3=O. The molecule has 0 saturated heterocycles. The van der Waals surface area contributed by atoms with Crippen LogP contribution in [0.3, 0.4) is 0 Å². The predicted octanol–water partition coefficient (Wildman–Crippen LogP) is 3.86. The highest BCUT2D eigenvalue weighted by Crippen LogP contribution is 2.40. The highest BCUT2D eigenvalue weighted by atomic mass is 16.1. The molecule has 1 aliphatic rings. The van der Waals surface area contributed by atoms with Crippen LogP contribution >= 0.6 is 0 Å². The smallest absolute Gasteiger partial charge is 0.194 e. The number of benzene rings is 3. The number of carbonyl (C=O) groups excluding carboxylic acids is 2.